The summed E-state index contributed by atoms with van der Waals surface area (Å²) >= 11 is 0. The molecular formula is C12H22N4O. The fourth-order valence-corrected chi connectivity index (χ4v) is 2.70. The molecule has 17 heavy (non-hydrogen) atoms. The summed E-state index contributed by atoms with van der Waals surface area (Å²) < 4.78 is 1.80. The molecule has 1 aromatic heterocycles. The van der Waals surface area contributed by atoms with Crippen LogP contribution in [0, 0.1) is 0 Å². The third-order valence-corrected chi connectivity index (χ3v) is 3.62. The van der Waals surface area contributed by atoms with Crippen LogP contribution in [0.2, 0.25) is 0 Å². The van der Waals surface area contributed by atoms with Crippen molar-refractivity contribution in [1.29, 1.82) is 0 Å². The highest BCUT2D eigenvalue weighted by atomic mass is 16.3. The molecular weight excluding hydrogens is 216 g/mol. The van der Waals surface area contributed by atoms with Crippen molar-refractivity contribution in [2.75, 3.05) is 19.7 Å². The fourth-order valence-electron chi connectivity index (χ4n) is 2.70. The number of hydrogen-bond acceptors (Lipinski definition) is 4. The molecule has 0 amide bonds. The van der Waals surface area contributed by atoms with Crippen molar-refractivity contribution in [3.63, 3.8) is 0 Å². The molecule has 1 aliphatic heterocycles. The third-order valence-electron chi connectivity index (χ3n) is 3.62. The van der Waals surface area contributed by atoms with Gasteiger partial charge in [-0.15, -0.1) is 0 Å². The first-order chi connectivity index (χ1) is 8.26. The molecule has 0 radical (unpaired) electrons. The molecule has 2 rings (SSSR count). The largest absolute Gasteiger partial charge is 0.395 e. The van der Waals surface area contributed by atoms with Gasteiger partial charge in [-0.1, -0.05) is 6.42 Å². The van der Waals surface area contributed by atoms with Crippen LogP contribution in [-0.2, 0) is 7.05 Å². The molecule has 1 aliphatic rings. The highest BCUT2D eigenvalue weighted by Crippen LogP contribution is 2.27. The van der Waals surface area contributed by atoms with E-state index < -0.39 is 0 Å². The van der Waals surface area contributed by atoms with Crippen molar-refractivity contribution in [2.45, 2.75) is 31.3 Å². The Bertz CT molecular complexity index is 352. The van der Waals surface area contributed by atoms with E-state index in [4.69, 9.17) is 5.73 Å². The molecule has 2 unspecified atom stereocenters. The van der Waals surface area contributed by atoms with Crippen LogP contribution in [-0.4, -0.2) is 45.5 Å². The van der Waals surface area contributed by atoms with Crippen LogP contribution in [0.15, 0.2) is 12.4 Å². The van der Waals surface area contributed by atoms with Gasteiger partial charge in [0.2, 0.25) is 0 Å². The zero-order chi connectivity index (χ0) is 12.3. The summed E-state index contributed by atoms with van der Waals surface area (Å²) in [5.74, 6) is 0. The number of nitrogens with zero attached hydrogens (tertiary/aromatic N) is 3. The van der Waals surface area contributed by atoms with Crippen molar-refractivity contribution < 1.29 is 5.11 Å². The topological polar surface area (TPSA) is 67.3 Å². The first kappa shape index (κ1) is 12.5. The lowest BCUT2D eigenvalue weighted by molar-refractivity contribution is 0.0552. The Hall–Kier alpha value is -0.910. The number of aliphatic hydroxyl groups is 1. The van der Waals surface area contributed by atoms with E-state index in [1.54, 1.807) is 4.68 Å². The summed E-state index contributed by atoms with van der Waals surface area (Å²) in [4.78, 5) is 2.33. The zero-order valence-corrected chi connectivity index (χ0v) is 10.4. The van der Waals surface area contributed by atoms with Gasteiger partial charge in [0.25, 0.3) is 0 Å². The standard InChI is InChI=1S/C12H22N4O/c1-15-8-10(7-14-15)12(6-13)16-5-3-2-4-11(16)9-17/h7-8,11-12,17H,2-6,9,13H2,1H3. The van der Waals surface area contributed by atoms with Crippen LogP contribution < -0.4 is 5.73 Å². The summed E-state index contributed by atoms with van der Waals surface area (Å²) in [6.45, 7) is 1.81. The van der Waals surface area contributed by atoms with Crippen molar-refractivity contribution >= 4 is 0 Å². The Morgan fingerprint density at radius 3 is 3.00 bits per heavy atom. The molecule has 1 saturated heterocycles. The molecule has 0 aromatic carbocycles. The van der Waals surface area contributed by atoms with Crippen molar-refractivity contribution in [3.05, 3.63) is 18.0 Å². The molecule has 5 heteroatoms. The monoisotopic (exact) mass is 238 g/mol. The number of aliphatic hydroxyl groups excluding tert-OH is 1. The highest BCUT2D eigenvalue weighted by molar-refractivity contribution is 5.12. The van der Waals surface area contributed by atoms with E-state index in [1.165, 1.54) is 12.8 Å². The van der Waals surface area contributed by atoms with Crippen molar-refractivity contribution in [3.8, 4) is 0 Å². The summed E-state index contributed by atoms with van der Waals surface area (Å²) in [5.41, 5.74) is 7.05. The predicted octanol–water partition coefficient (Wildman–Crippen LogP) is 0.267. The smallest absolute Gasteiger partial charge is 0.0587 e. The van der Waals surface area contributed by atoms with Crippen LogP contribution in [0.1, 0.15) is 30.9 Å². The van der Waals surface area contributed by atoms with Gasteiger partial charge in [-0.25, -0.2) is 0 Å². The third kappa shape index (κ3) is 2.68. The summed E-state index contributed by atoms with van der Waals surface area (Å²) in [6.07, 6.45) is 7.34. The Kier molecular flexibility index (Phi) is 4.15. The molecule has 2 atom stereocenters. The molecule has 0 bridgehead atoms. The Morgan fingerprint density at radius 2 is 2.41 bits per heavy atom. The fraction of sp³-hybridized carbons (Fsp3) is 0.750. The quantitative estimate of drug-likeness (QED) is 0.790. The first-order valence-corrected chi connectivity index (χ1v) is 6.31. The van der Waals surface area contributed by atoms with Gasteiger partial charge in [-0.2, -0.15) is 5.10 Å². The lowest BCUT2D eigenvalue weighted by atomic mass is 9.98. The van der Waals surface area contributed by atoms with Crippen molar-refractivity contribution in [1.82, 2.24) is 14.7 Å². The second-order valence-electron chi connectivity index (χ2n) is 4.77. The predicted molar refractivity (Wildman–Crippen MR) is 66.4 cm³/mol. The van der Waals surface area contributed by atoms with E-state index in [0.29, 0.717) is 6.54 Å². The van der Waals surface area contributed by atoms with Gasteiger partial charge in [0, 0.05) is 31.4 Å². The maximum absolute atomic E-state index is 9.45. The molecule has 2 heterocycles. The molecule has 96 valence electrons. The minimum absolute atomic E-state index is 0.182. The average Bonchev–Trinajstić information content (AvgIpc) is 2.77. The number of likely N-dealkylation sites (tertiary alicyclic amines) is 1. The molecule has 0 spiro atoms. The second kappa shape index (κ2) is 5.62. The second-order valence-corrected chi connectivity index (χ2v) is 4.77. The maximum Gasteiger partial charge on any atom is 0.0587 e. The Morgan fingerprint density at radius 1 is 1.59 bits per heavy atom. The van der Waals surface area contributed by atoms with Gasteiger partial charge in [-0.3, -0.25) is 9.58 Å². The molecule has 3 N–H and O–H groups in total. The number of hydrogen-bond donors (Lipinski definition) is 2. The van der Waals surface area contributed by atoms with Crippen LogP contribution in [0.3, 0.4) is 0 Å². The molecule has 5 nitrogen and oxygen atoms in total. The SMILES string of the molecule is Cn1cc(C(CN)N2CCCCC2CO)cn1. The normalized spacial score (nSPS) is 23.8. The number of aromatic nitrogens is 2. The van der Waals surface area contributed by atoms with Gasteiger partial charge in [-0.05, 0) is 19.4 Å². The number of piperidine rings is 1. The van der Waals surface area contributed by atoms with E-state index in [-0.39, 0.29) is 18.7 Å². The first-order valence-electron chi connectivity index (χ1n) is 6.31. The summed E-state index contributed by atoms with van der Waals surface area (Å²) in [7, 11) is 1.91. The number of rotatable bonds is 4. The summed E-state index contributed by atoms with van der Waals surface area (Å²) in [5, 5.41) is 13.7. The number of nitrogens with two attached hydrogens (primary N) is 1. The highest BCUT2D eigenvalue weighted by Gasteiger charge is 2.29. The van der Waals surface area contributed by atoms with Gasteiger partial charge in [0.05, 0.1) is 18.8 Å². The van der Waals surface area contributed by atoms with E-state index in [1.807, 2.05) is 19.4 Å². The van der Waals surface area contributed by atoms with E-state index >= 15 is 0 Å². The lowest BCUT2D eigenvalue weighted by Gasteiger charge is -2.39. The minimum atomic E-state index is 0.182. The van der Waals surface area contributed by atoms with Gasteiger partial charge in [0.15, 0.2) is 0 Å². The van der Waals surface area contributed by atoms with Gasteiger partial charge < -0.3 is 10.8 Å². The average molecular weight is 238 g/mol. The number of aryl methyl sites for hydroxylation is 1. The molecule has 0 saturated carbocycles. The van der Waals surface area contributed by atoms with Crippen LogP contribution in [0.25, 0.3) is 0 Å². The Labute approximate surface area is 102 Å². The Balaban J connectivity index is 2.16. The van der Waals surface area contributed by atoms with Crippen LogP contribution in [0.4, 0.5) is 0 Å². The lowest BCUT2D eigenvalue weighted by Crippen LogP contribution is -2.46. The minimum Gasteiger partial charge on any atom is -0.395 e. The molecule has 1 fully saturated rings. The van der Waals surface area contributed by atoms with Gasteiger partial charge in [0.1, 0.15) is 0 Å². The maximum atomic E-state index is 9.45. The van der Waals surface area contributed by atoms with E-state index in [2.05, 4.69) is 10.00 Å². The van der Waals surface area contributed by atoms with E-state index in [9.17, 15) is 5.11 Å². The van der Waals surface area contributed by atoms with Gasteiger partial charge >= 0.3 is 0 Å². The van der Waals surface area contributed by atoms with Crippen LogP contribution >= 0.6 is 0 Å². The summed E-state index contributed by atoms with van der Waals surface area (Å²) in [6, 6.07) is 0.429. The molecule has 1 aromatic rings. The van der Waals surface area contributed by atoms with E-state index in [0.717, 1.165) is 18.5 Å². The zero-order valence-electron chi connectivity index (χ0n) is 10.4. The van der Waals surface area contributed by atoms with Crippen LogP contribution in [0.5, 0.6) is 0 Å². The van der Waals surface area contributed by atoms with Crippen molar-refractivity contribution in [2.24, 2.45) is 12.8 Å². The molecule has 0 aliphatic carbocycles.